The van der Waals surface area contributed by atoms with E-state index in [1.165, 1.54) is 18.6 Å². The topological polar surface area (TPSA) is 132 Å². The number of carbonyl (C=O) groups excluding carboxylic acids is 1. The number of H-pyrrole nitrogens is 2. The third kappa shape index (κ3) is 4.81. The highest BCUT2D eigenvalue weighted by atomic mass is 19.1. The largest absolute Gasteiger partial charge is 0.367 e. The third-order valence-corrected chi connectivity index (χ3v) is 7.48. The van der Waals surface area contributed by atoms with Gasteiger partial charge >= 0.3 is 0 Å². The summed E-state index contributed by atoms with van der Waals surface area (Å²) in [5, 5.41) is 10.3. The first-order chi connectivity index (χ1) is 20.5. The zero-order valence-corrected chi connectivity index (χ0v) is 22.8. The van der Waals surface area contributed by atoms with E-state index in [0.29, 0.717) is 39.4 Å². The molecular weight excluding hydrogens is 535 g/mol. The quantitative estimate of drug-likeness (QED) is 0.277. The number of halogens is 1. The molecule has 1 aliphatic heterocycles. The number of anilines is 2. The van der Waals surface area contributed by atoms with Crippen molar-refractivity contribution >= 4 is 39.3 Å². The van der Waals surface area contributed by atoms with Gasteiger partial charge in [-0.1, -0.05) is 30.3 Å². The lowest BCUT2D eigenvalue weighted by atomic mass is 10.1. The molecule has 1 aromatic carbocycles. The molecule has 1 saturated heterocycles. The van der Waals surface area contributed by atoms with Crippen LogP contribution in [0, 0.1) is 5.82 Å². The average Bonchev–Trinajstić information content (AvgIpc) is 3.63. The second kappa shape index (κ2) is 10.6. The lowest BCUT2D eigenvalue weighted by molar-refractivity contribution is -0.115. The fourth-order valence-corrected chi connectivity index (χ4v) is 5.28. The molecule has 210 valence electrons. The number of imidazole rings is 1. The molecule has 7 rings (SSSR count). The van der Waals surface area contributed by atoms with Crippen molar-refractivity contribution in [2.75, 3.05) is 43.4 Å². The molecule has 1 amide bonds. The molecule has 3 N–H and O–H groups in total. The van der Waals surface area contributed by atoms with Gasteiger partial charge in [-0.3, -0.25) is 19.9 Å². The number of aromatic amines is 2. The van der Waals surface area contributed by atoms with Crippen LogP contribution in [-0.2, 0) is 11.2 Å². The van der Waals surface area contributed by atoms with Gasteiger partial charge in [0, 0.05) is 44.1 Å². The van der Waals surface area contributed by atoms with Gasteiger partial charge < -0.3 is 20.1 Å². The summed E-state index contributed by atoms with van der Waals surface area (Å²) in [6, 6.07) is 13.0. The van der Waals surface area contributed by atoms with Crippen LogP contribution in [0.15, 0.2) is 67.3 Å². The van der Waals surface area contributed by atoms with Crippen LogP contribution < -0.4 is 10.2 Å². The molecule has 42 heavy (non-hydrogen) atoms. The summed E-state index contributed by atoms with van der Waals surface area (Å²) in [5.41, 5.74) is 4.90. The van der Waals surface area contributed by atoms with E-state index in [-0.39, 0.29) is 23.4 Å². The summed E-state index contributed by atoms with van der Waals surface area (Å²) in [7, 11) is 2.11. The number of fused-ring (bicyclic) bond motifs is 2. The van der Waals surface area contributed by atoms with Gasteiger partial charge in [-0.15, -0.1) is 0 Å². The van der Waals surface area contributed by atoms with E-state index in [1.54, 1.807) is 12.3 Å². The number of likely N-dealkylation sites (N-methyl/N-ethyl adjacent to an activating group) is 1. The summed E-state index contributed by atoms with van der Waals surface area (Å²) < 4.78 is 16.2. The van der Waals surface area contributed by atoms with Crippen LogP contribution >= 0.6 is 0 Å². The molecule has 1 aliphatic rings. The number of pyridine rings is 3. The van der Waals surface area contributed by atoms with Gasteiger partial charge in [-0.05, 0) is 24.7 Å². The van der Waals surface area contributed by atoms with Gasteiger partial charge in [0.25, 0.3) is 0 Å². The number of amides is 1. The Kier molecular flexibility index (Phi) is 6.51. The maximum atomic E-state index is 16.2. The summed E-state index contributed by atoms with van der Waals surface area (Å²) in [6.07, 6.45) is 6.52. The molecule has 0 atom stereocenters. The number of nitrogens with zero attached hydrogens (tertiary/aromatic N) is 7. The Morgan fingerprint density at radius 3 is 2.69 bits per heavy atom. The molecule has 0 bridgehead atoms. The average molecular weight is 563 g/mol. The van der Waals surface area contributed by atoms with Crippen molar-refractivity contribution in [2.45, 2.75) is 6.42 Å². The van der Waals surface area contributed by atoms with E-state index in [0.717, 1.165) is 37.4 Å². The third-order valence-electron chi connectivity index (χ3n) is 7.48. The van der Waals surface area contributed by atoms with Crippen molar-refractivity contribution in [3.8, 4) is 22.8 Å². The molecule has 6 heterocycles. The number of hydrogen-bond donors (Lipinski definition) is 3. The van der Waals surface area contributed by atoms with Crippen molar-refractivity contribution in [2.24, 2.45) is 0 Å². The highest BCUT2D eigenvalue weighted by molar-refractivity contribution is 5.97. The van der Waals surface area contributed by atoms with E-state index < -0.39 is 5.82 Å². The van der Waals surface area contributed by atoms with Crippen molar-refractivity contribution in [3.63, 3.8) is 0 Å². The summed E-state index contributed by atoms with van der Waals surface area (Å²) >= 11 is 0. The van der Waals surface area contributed by atoms with E-state index in [4.69, 9.17) is 4.98 Å². The van der Waals surface area contributed by atoms with Gasteiger partial charge in [0.05, 0.1) is 41.1 Å². The fourth-order valence-electron chi connectivity index (χ4n) is 5.28. The molecule has 12 heteroatoms. The molecule has 6 aromatic rings. The lowest BCUT2D eigenvalue weighted by Crippen LogP contribution is -2.44. The van der Waals surface area contributed by atoms with Crippen molar-refractivity contribution in [1.29, 1.82) is 0 Å². The number of nitrogens with one attached hydrogen (secondary N) is 3. The van der Waals surface area contributed by atoms with Crippen molar-refractivity contribution < 1.29 is 9.18 Å². The number of aromatic nitrogens is 7. The van der Waals surface area contributed by atoms with Crippen molar-refractivity contribution in [1.82, 2.24) is 40.0 Å². The Labute approximate surface area is 239 Å². The van der Waals surface area contributed by atoms with Crippen LogP contribution in [0.25, 0.3) is 44.8 Å². The number of piperazine rings is 1. The van der Waals surface area contributed by atoms with Gasteiger partial charge in [0.2, 0.25) is 5.91 Å². The minimum absolute atomic E-state index is 0.0872. The van der Waals surface area contributed by atoms with Gasteiger partial charge in [0.1, 0.15) is 16.9 Å². The van der Waals surface area contributed by atoms with E-state index >= 15 is 4.39 Å². The standard InChI is InChI=1S/C30H27FN10O/c1-40-9-11-41(12-10-40)22-7-8-33-29-27(22)36-30(37-29)28-24-21(38-39-28)17-34-26(25(24)31)19-14-20(16-32-15-19)35-23(42)13-18-5-3-2-4-6-18/h2-8,14-17H,9-13H2,1H3,(H,35,42)(H,38,39)(H,33,36,37). The first-order valence-electron chi connectivity index (χ1n) is 13.6. The second-order valence-corrected chi connectivity index (χ2v) is 10.4. The molecular formula is C30H27FN10O. The van der Waals surface area contributed by atoms with E-state index in [2.05, 4.69) is 52.3 Å². The smallest absolute Gasteiger partial charge is 0.228 e. The van der Waals surface area contributed by atoms with Gasteiger partial charge in [0.15, 0.2) is 17.3 Å². The Morgan fingerprint density at radius 2 is 1.86 bits per heavy atom. The second-order valence-electron chi connectivity index (χ2n) is 10.4. The van der Waals surface area contributed by atoms with Gasteiger partial charge in [-0.25, -0.2) is 14.4 Å². The number of carbonyl (C=O) groups is 1. The maximum absolute atomic E-state index is 16.2. The zero-order chi connectivity index (χ0) is 28.6. The van der Waals surface area contributed by atoms with Crippen LogP contribution in [0.3, 0.4) is 0 Å². The number of rotatable bonds is 6. The highest BCUT2D eigenvalue weighted by Gasteiger charge is 2.23. The van der Waals surface area contributed by atoms with Crippen molar-refractivity contribution in [3.05, 3.63) is 78.6 Å². The Bertz CT molecular complexity index is 1910. The first kappa shape index (κ1) is 25.7. The van der Waals surface area contributed by atoms with Crippen LogP contribution in [0.5, 0.6) is 0 Å². The highest BCUT2D eigenvalue weighted by Crippen LogP contribution is 2.34. The molecule has 0 aliphatic carbocycles. The predicted molar refractivity (Wildman–Crippen MR) is 158 cm³/mol. The molecule has 0 radical (unpaired) electrons. The Morgan fingerprint density at radius 1 is 1.02 bits per heavy atom. The van der Waals surface area contributed by atoms with Crippen LogP contribution in [0.2, 0.25) is 0 Å². The molecule has 5 aromatic heterocycles. The lowest BCUT2D eigenvalue weighted by Gasteiger charge is -2.33. The van der Waals surface area contributed by atoms with Crippen LogP contribution in [-0.4, -0.2) is 79.2 Å². The summed E-state index contributed by atoms with van der Waals surface area (Å²) in [4.78, 5) is 38.2. The Hall–Kier alpha value is -5.23. The first-order valence-corrected chi connectivity index (χ1v) is 13.6. The Balaban J connectivity index is 1.21. The van der Waals surface area contributed by atoms with E-state index in [1.807, 2.05) is 36.4 Å². The van der Waals surface area contributed by atoms with Crippen LogP contribution in [0.4, 0.5) is 15.8 Å². The normalized spacial score (nSPS) is 14.1. The molecule has 0 unspecified atom stereocenters. The minimum Gasteiger partial charge on any atom is -0.367 e. The molecule has 0 spiro atoms. The summed E-state index contributed by atoms with van der Waals surface area (Å²) in [5.74, 6) is -0.365. The fraction of sp³-hybridized carbons (Fsp3) is 0.200. The number of benzene rings is 1. The predicted octanol–water partition coefficient (Wildman–Crippen LogP) is 4.03. The maximum Gasteiger partial charge on any atom is 0.228 e. The number of hydrogen-bond acceptors (Lipinski definition) is 8. The minimum atomic E-state index is -0.571. The molecule has 1 fully saturated rings. The molecule has 0 saturated carbocycles. The SMILES string of the molecule is CN1CCN(c2ccnc3[nH]c(-c4n[nH]c5cnc(-c6cncc(NC(=O)Cc7ccccc7)c6)c(F)c45)nc23)CC1. The summed E-state index contributed by atoms with van der Waals surface area (Å²) in [6.45, 7) is 3.68. The monoisotopic (exact) mass is 562 g/mol. The van der Waals surface area contributed by atoms with Gasteiger partial charge in [-0.2, -0.15) is 5.10 Å². The van der Waals surface area contributed by atoms with E-state index in [9.17, 15) is 4.79 Å². The zero-order valence-electron chi connectivity index (χ0n) is 22.8. The molecule has 11 nitrogen and oxygen atoms in total. The van der Waals surface area contributed by atoms with Crippen LogP contribution in [0.1, 0.15) is 5.56 Å².